The Bertz CT molecular complexity index is 1180. The van der Waals surface area contributed by atoms with Crippen molar-refractivity contribution in [3.63, 3.8) is 0 Å². The molecule has 0 radical (unpaired) electrons. The molecule has 0 fully saturated rings. The summed E-state index contributed by atoms with van der Waals surface area (Å²) < 4.78 is 9.96. The van der Waals surface area contributed by atoms with Crippen molar-refractivity contribution in [3.8, 4) is 5.75 Å². The molecule has 4 rings (SSSR count). The molecule has 0 aliphatic carbocycles. The number of hydrogen-bond acceptors (Lipinski definition) is 2. The number of rotatable bonds is 7. The van der Waals surface area contributed by atoms with Crippen LogP contribution in [-0.4, -0.2) is 15.7 Å². The molecule has 0 amide bonds. The van der Waals surface area contributed by atoms with Crippen LogP contribution in [0, 0.1) is 12.3 Å². The number of halogens is 2. The molecule has 0 aliphatic heterocycles. The number of nitrogens with zero attached hydrogens (tertiary/aromatic N) is 2. The van der Waals surface area contributed by atoms with E-state index in [1.54, 1.807) is 0 Å². The largest absolute Gasteiger partial charge is 0.494 e. The van der Waals surface area contributed by atoms with Gasteiger partial charge in [-0.1, -0.05) is 48.0 Å². The molecule has 3 aromatic carbocycles. The predicted molar refractivity (Wildman–Crippen MR) is 125 cm³/mol. The van der Waals surface area contributed by atoms with Crippen LogP contribution in [0.2, 0.25) is 5.02 Å². The Balaban J connectivity index is 0.00000256. The molecule has 6 heteroatoms. The summed E-state index contributed by atoms with van der Waals surface area (Å²) in [6.45, 7) is 4.13. The van der Waals surface area contributed by atoms with E-state index in [4.69, 9.17) is 21.7 Å². The average Bonchev–Trinajstić information content (AvgIpc) is 3.00. The van der Waals surface area contributed by atoms with Crippen LogP contribution in [0.1, 0.15) is 17.5 Å². The number of aryl methyl sites for hydroxylation is 2. The van der Waals surface area contributed by atoms with Gasteiger partial charge in [0.05, 0.1) is 24.2 Å². The maximum Gasteiger partial charge on any atom is 0.203 e. The van der Waals surface area contributed by atoms with Gasteiger partial charge < -0.3 is 13.9 Å². The van der Waals surface area contributed by atoms with Gasteiger partial charge in [-0.3, -0.25) is 5.41 Å². The fraction of sp³-hybridized carbons (Fsp3) is 0.208. The van der Waals surface area contributed by atoms with Crippen LogP contribution in [0.25, 0.3) is 11.0 Å². The summed E-state index contributed by atoms with van der Waals surface area (Å²) in [4.78, 5) is 0. The van der Waals surface area contributed by atoms with Crippen molar-refractivity contribution < 1.29 is 4.74 Å². The first-order chi connectivity index (χ1) is 14.1. The quantitative estimate of drug-likeness (QED) is 0.360. The molecule has 0 saturated heterocycles. The standard InChI is InChI=1S/C24H24ClN3O.ClH/c1-18-7-2-3-8-19(18)17-28-23-10-5-4-9-22(23)27(24(28)26)15-6-16-29-21-13-11-20(25)12-14-21;/h2-5,7-14,26H,6,15-17H2,1H3;1H. The van der Waals surface area contributed by atoms with Crippen molar-refractivity contribution >= 4 is 35.0 Å². The first-order valence-corrected chi connectivity index (χ1v) is 10.2. The molecule has 1 N–H and O–H groups in total. The topological polar surface area (TPSA) is 42.9 Å². The van der Waals surface area contributed by atoms with Gasteiger partial charge in [-0.05, 0) is 60.9 Å². The second kappa shape index (κ2) is 9.88. The van der Waals surface area contributed by atoms with Crippen molar-refractivity contribution in [2.45, 2.75) is 26.4 Å². The Morgan fingerprint density at radius 3 is 2.20 bits per heavy atom. The average molecular weight is 442 g/mol. The summed E-state index contributed by atoms with van der Waals surface area (Å²) in [5.74, 6) is 0.812. The summed E-state index contributed by atoms with van der Waals surface area (Å²) in [7, 11) is 0. The Hall–Kier alpha value is -2.69. The van der Waals surface area contributed by atoms with Gasteiger partial charge in [-0.25, -0.2) is 0 Å². The number of fused-ring (bicyclic) bond motifs is 1. The van der Waals surface area contributed by atoms with Crippen LogP contribution in [0.4, 0.5) is 0 Å². The highest BCUT2D eigenvalue weighted by Crippen LogP contribution is 2.18. The van der Waals surface area contributed by atoms with Crippen molar-refractivity contribution in [3.05, 3.63) is 94.6 Å². The molecule has 0 aliphatic rings. The highest BCUT2D eigenvalue weighted by molar-refractivity contribution is 6.30. The molecule has 30 heavy (non-hydrogen) atoms. The third kappa shape index (κ3) is 4.72. The third-order valence-corrected chi connectivity index (χ3v) is 5.42. The van der Waals surface area contributed by atoms with E-state index in [-0.39, 0.29) is 12.4 Å². The van der Waals surface area contributed by atoms with E-state index < -0.39 is 0 Å². The van der Waals surface area contributed by atoms with E-state index in [0.29, 0.717) is 23.8 Å². The second-order valence-electron chi connectivity index (χ2n) is 7.13. The van der Waals surface area contributed by atoms with Crippen molar-refractivity contribution in [1.29, 1.82) is 5.41 Å². The Morgan fingerprint density at radius 1 is 0.867 bits per heavy atom. The Morgan fingerprint density at radius 2 is 1.50 bits per heavy atom. The predicted octanol–water partition coefficient (Wildman–Crippen LogP) is 5.82. The van der Waals surface area contributed by atoms with Gasteiger partial charge >= 0.3 is 0 Å². The van der Waals surface area contributed by atoms with Gasteiger partial charge in [-0.15, -0.1) is 12.4 Å². The summed E-state index contributed by atoms with van der Waals surface area (Å²) in [5, 5.41) is 9.49. The molecule has 1 aromatic heterocycles. The fourth-order valence-electron chi connectivity index (χ4n) is 3.58. The van der Waals surface area contributed by atoms with Crippen molar-refractivity contribution in [2.24, 2.45) is 0 Å². The van der Waals surface area contributed by atoms with E-state index in [2.05, 4.69) is 52.5 Å². The van der Waals surface area contributed by atoms with E-state index in [1.165, 1.54) is 11.1 Å². The number of para-hydroxylation sites is 2. The number of hydrogen-bond donors (Lipinski definition) is 1. The van der Waals surface area contributed by atoms with Crippen LogP contribution in [-0.2, 0) is 13.1 Å². The lowest BCUT2D eigenvalue weighted by molar-refractivity contribution is 0.301. The van der Waals surface area contributed by atoms with Gasteiger partial charge in [0.15, 0.2) is 0 Å². The maximum atomic E-state index is 8.79. The van der Waals surface area contributed by atoms with Gasteiger partial charge in [0.2, 0.25) is 5.62 Å². The molecule has 0 bridgehead atoms. The lowest BCUT2D eigenvalue weighted by Crippen LogP contribution is -2.26. The summed E-state index contributed by atoms with van der Waals surface area (Å²) in [6.07, 6.45) is 0.817. The van der Waals surface area contributed by atoms with E-state index in [1.807, 2.05) is 36.4 Å². The summed E-state index contributed by atoms with van der Waals surface area (Å²) >= 11 is 5.91. The summed E-state index contributed by atoms with van der Waals surface area (Å²) in [6, 6.07) is 24.0. The number of benzene rings is 3. The zero-order valence-electron chi connectivity index (χ0n) is 16.8. The molecule has 0 unspecified atom stereocenters. The van der Waals surface area contributed by atoms with E-state index in [0.717, 1.165) is 29.7 Å². The summed E-state index contributed by atoms with van der Waals surface area (Å²) in [5.41, 5.74) is 5.16. The highest BCUT2D eigenvalue weighted by Gasteiger charge is 2.11. The minimum atomic E-state index is 0. The fourth-order valence-corrected chi connectivity index (χ4v) is 3.71. The number of ether oxygens (including phenoxy) is 1. The van der Waals surface area contributed by atoms with Crippen LogP contribution in [0.15, 0.2) is 72.8 Å². The van der Waals surface area contributed by atoms with Crippen LogP contribution in [0.3, 0.4) is 0 Å². The molecule has 4 nitrogen and oxygen atoms in total. The zero-order valence-corrected chi connectivity index (χ0v) is 18.4. The normalized spacial score (nSPS) is 10.7. The molecule has 156 valence electrons. The minimum Gasteiger partial charge on any atom is -0.494 e. The lowest BCUT2D eigenvalue weighted by atomic mass is 10.1. The van der Waals surface area contributed by atoms with Crippen LogP contribution < -0.4 is 10.4 Å². The second-order valence-corrected chi connectivity index (χ2v) is 7.57. The zero-order chi connectivity index (χ0) is 20.2. The van der Waals surface area contributed by atoms with Gasteiger partial charge in [0, 0.05) is 11.6 Å². The van der Waals surface area contributed by atoms with Crippen LogP contribution in [0.5, 0.6) is 5.75 Å². The monoisotopic (exact) mass is 441 g/mol. The number of imidazole rings is 1. The maximum absolute atomic E-state index is 8.79. The lowest BCUT2D eigenvalue weighted by Gasteiger charge is -2.09. The third-order valence-electron chi connectivity index (χ3n) is 5.17. The Labute approximate surface area is 187 Å². The SMILES string of the molecule is Cc1ccccc1Cn1c(=N)n(CCCOc2ccc(Cl)cc2)c2ccccc21.Cl. The number of nitrogens with one attached hydrogen (secondary N) is 1. The van der Waals surface area contributed by atoms with E-state index >= 15 is 0 Å². The number of aromatic nitrogens is 2. The molecule has 0 atom stereocenters. The Kier molecular flexibility index (Phi) is 7.24. The first-order valence-electron chi connectivity index (χ1n) is 9.79. The van der Waals surface area contributed by atoms with E-state index in [9.17, 15) is 0 Å². The molecular weight excluding hydrogens is 417 g/mol. The minimum absolute atomic E-state index is 0. The van der Waals surface area contributed by atoms with Gasteiger partial charge in [-0.2, -0.15) is 0 Å². The highest BCUT2D eigenvalue weighted by atomic mass is 35.5. The smallest absolute Gasteiger partial charge is 0.203 e. The van der Waals surface area contributed by atoms with Crippen molar-refractivity contribution in [1.82, 2.24) is 9.13 Å². The molecule has 0 spiro atoms. The molecular formula is C24H25Cl2N3O. The molecule has 1 heterocycles. The first kappa shape index (κ1) is 22.0. The molecule has 4 aromatic rings. The van der Waals surface area contributed by atoms with Gasteiger partial charge in [0.1, 0.15) is 5.75 Å². The van der Waals surface area contributed by atoms with Crippen molar-refractivity contribution in [2.75, 3.05) is 6.61 Å². The van der Waals surface area contributed by atoms with Crippen LogP contribution >= 0.6 is 24.0 Å². The molecule has 0 saturated carbocycles. The van der Waals surface area contributed by atoms with Gasteiger partial charge in [0.25, 0.3) is 0 Å².